The van der Waals surface area contributed by atoms with E-state index in [-0.39, 0.29) is 32.3 Å². The lowest BCUT2D eigenvalue weighted by Gasteiger charge is -2.19. The molecule has 4 aromatic rings. The van der Waals surface area contributed by atoms with E-state index in [1.807, 2.05) is 19.2 Å². The second-order valence-electron chi connectivity index (χ2n) is 8.28. The molecule has 34 heavy (non-hydrogen) atoms. The van der Waals surface area contributed by atoms with Gasteiger partial charge in [-0.15, -0.1) is 11.3 Å². The van der Waals surface area contributed by atoms with E-state index in [9.17, 15) is 18.0 Å². The van der Waals surface area contributed by atoms with Crippen LogP contribution in [0.25, 0.3) is 11.3 Å². The molecule has 1 aromatic heterocycles. The highest BCUT2D eigenvalue weighted by Gasteiger charge is 2.35. The summed E-state index contributed by atoms with van der Waals surface area (Å²) in [5.74, 6) is -0.872. The van der Waals surface area contributed by atoms with Gasteiger partial charge in [0.1, 0.15) is 0 Å². The Balaban J connectivity index is 1.45. The Hall–Kier alpha value is -3.62. The van der Waals surface area contributed by atoms with Crippen molar-refractivity contribution in [3.8, 4) is 11.3 Å². The Morgan fingerprint density at radius 2 is 1.56 bits per heavy atom. The highest BCUT2D eigenvalue weighted by Crippen LogP contribution is 2.35. The fourth-order valence-corrected chi connectivity index (χ4v) is 6.47. The van der Waals surface area contributed by atoms with Gasteiger partial charge in [0.15, 0.2) is 10.9 Å². The van der Waals surface area contributed by atoms with Crippen LogP contribution in [0.1, 0.15) is 43.0 Å². The highest BCUT2D eigenvalue weighted by atomic mass is 32.2. The lowest BCUT2D eigenvalue weighted by molar-refractivity contribution is 0.101. The zero-order valence-corrected chi connectivity index (χ0v) is 20.3. The number of anilines is 1. The standard InChI is InChI=1S/C26H20N2O4S2/c1-14-10-16(3)20(11-15(14)2)21-13-33-26(27-21)28-25(30)17-8-9-19-23(12-17)34(31,32)22-7-5-4-6-18(22)24(19)29/h4-13H,1-3H3,(H,27,28,30). The first-order chi connectivity index (χ1) is 16.2. The van der Waals surface area contributed by atoms with Crippen molar-refractivity contribution >= 4 is 38.0 Å². The first-order valence-electron chi connectivity index (χ1n) is 10.5. The van der Waals surface area contributed by atoms with Crippen LogP contribution in [0.15, 0.2) is 69.8 Å². The lowest BCUT2D eigenvalue weighted by atomic mass is 9.99. The maximum atomic E-state index is 13.1. The molecule has 1 aliphatic heterocycles. The molecule has 0 saturated heterocycles. The summed E-state index contributed by atoms with van der Waals surface area (Å²) in [7, 11) is -3.92. The lowest BCUT2D eigenvalue weighted by Crippen LogP contribution is -2.21. The number of benzene rings is 3. The molecule has 0 saturated carbocycles. The number of rotatable bonds is 3. The zero-order chi connectivity index (χ0) is 24.2. The molecule has 0 spiro atoms. The fourth-order valence-electron chi connectivity index (χ4n) is 4.09. The van der Waals surface area contributed by atoms with Crippen LogP contribution in [0.5, 0.6) is 0 Å². The third-order valence-corrected chi connectivity index (χ3v) is 8.65. The monoisotopic (exact) mass is 488 g/mol. The number of fused-ring (bicyclic) bond motifs is 2. The van der Waals surface area contributed by atoms with E-state index in [1.54, 1.807) is 12.1 Å². The van der Waals surface area contributed by atoms with Crippen molar-refractivity contribution in [3.05, 3.63) is 93.4 Å². The number of hydrogen-bond acceptors (Lipinski definition) is 6. The van der Waals surface area contributed by atoms with Crippen molar-refractivity contribution in [2.24, 2.45) is 0 Å². The molecule has 0 atom stereocenters. The quantitative estimate of drug-likeness (QED) is 0.369. The topological polar surface area (TPSA) is 93.2 Å². The van der Waals surface area contributed by atoms with E-state index < -0.39 is 15.7 Å². The molecule has 8 heteroatoms. The number of carbonyl (C=O) groups is 2. The van der Waals surface area contributed by atoms with E-state index in [0.29, 0.717) is 5.13 Å². The minimum atomic E-state index is -3.92. The van der Waals surface area contributed by atoms with Crippen LogP contribution < -0.4 is 5.32 Å². The summed E-state index contributed by atoms with van der Waals surface area (Å²) in [6.07, 6.45) is 0. The van der Waals surface area contributed by atoms with Crippen molar-refractivity contribution in [2.75, 3.05) is 5.32 Å². The molecule has 3 aromatic carbocycles. The van der Waals surface area contributed by atoms with Crippen LogP contribution in [0, 0.1) is 20.8 Å². The van der Waals surface area contributed by atoms with E-state index in [2.05, 4.69) is 29.4 Å². The van der Waals surface area contributed by atoms with Crippen molar-refractivity contribution in [2.45, 2.75) is 30.6 Å². The summed E-state index contributed by atoms with van der Waals surface area (Å²) >= 11 is 1.29. The number of aryl methyl sites for hydroxylation is 3. The predicted octanol–water partition coefficient (Wildman–Crippen LogP) is 5.36. The van der Waals surface area contributed by atoms with Gasteiger partial charge in [-0.2, -0.15) is 0 Å². The van der Waals surface area contributed by atoms with Gasteiger partial charge in [-0.25, -0.2) is 13.4 Å². The zero-order valence-electron chi connectivity index (χ0n) is 18.7. The smallest absolute Gasteiger partial charge is 0.257 e. The summed E-state index contributed by atoms with van der Waals surface area (Å²) in [4.78, 5) is 30.1. The predicted molar refractivity (Wildman–Crippen MR) is 131 cm³/mol. The van der Waals surface area contributed by atoms with Crippen LogP contribution in [0.4, 0.5) is 5.13 Å². The van der Waals surface area contributed by atoms with Gasteiger partial charge in [-0.3, -0.25) is 14.9 Å². The fraction of sp³-hybridized carbons (Fsp3) is 0.115. The molecule has 6 nitrogen and oxygen atoms in total. The number of hydrogen-bond donors (Lipinski definition) is 1. The summed E-state index contributed by atoms with van der Waals surface area (Å²) in [6.45, 7) is 6.12. The molecule has 1 aliphatic rings. The first kappa shape index (κ1) is 22.2. The van der Waals surface area contributed by atoms with Gasteiger partial charge in [0.25, 0.3) is 5.91 Å². The number of thiazole rings is 1. The van der Waals surface area contributed by atoms with E-state index >= 15 is 0 Å². The number of nitrogens with one attached hydrogen (secondary N) is 1. The molecular weight excluding hydrogens is 468 g/mol. The van der Waals surface area contributed by atoms with Gasteiger partial charge in [0, 0.05) is 27.6 Å². The molecule has 0 fully saturated rings. The van der Waals surface area contributed by atoms with Crippen LogP contribution in [-0.2, 0) is 9.84 Å². The molecule has 1 N–H and O–H groups in total. The largest absolute Gasteiger partial charge is 0.298 e. The van der Waals surface area contributed by atoms with Gasteiger partial charge >= 0.3 is 0 Å². The minimum absolute atomic E-state index is 0.0432. The number of aromatic nitrogens is 1. The maximum Gasteiger partial charge on any atom is 0.257 e. The van der Waals surface area contributed by atoms with E-state index in [4.69, 9.17) is 0 Å². The second kappa shape index (κ2) is 8.00. The Kier molecular flexibility index (Phi) is 5.22. The number of nitrogens with zero attached hydrogens (tertiary/aromatic N) is 1. The Labute approximate surface area is 201 Å². The molecule has 0 aliphatic carbocycles. The summed E-state index contributed by atoms with van der Waals surface area (Å²) < 4.78 is 26.2. The normalized spacial score (nSPS) is 13.8. The van der Waals surface area contributed by atoms with E-state index in [1.165, 1.54) is 47.2 Å². The van der Waals surface area contributed by atoms with Crippen LogP contribution >= 0.6 is 11.3 Å². The van der Waals surface area contributed by atoms with Crippen molar-refractivity contribution in [3.63, 3.8) is 0 Å². The molecule has 2 heterocycles. The summed E-state index contributed by atoms with van der Waals surface area (Å²) in [5, 5.41) is 5.02. The maximum absolute atomic E-state index is 13.1. The highest BCUT2D eigenvalue weighted by molar-refractivity contribution is 7.91. The van der Waals surface area contributed by atoms with Gasteiger partial charge in [-0.1, -0.05) is 18.2 Å². The van der Waals surface area contributed by atoms with Crippen LogP contribution in [0.3, 0.4) is 0 Å². The van der Waals surface area contributed by atoms with Crippen molar-refractivity contribution in [1.82, 2.24) is 4.98 Å². The second-order valence-corrected chi connectivity index (χ2v) is 11.0. The average Bonchev–Trinajstić information content (AvgIpc) is 3.28. The Bertz CT molecular complexity index is 1620. The summed E-state index contributed by atoms with van der Waals surface area (Å²) in [5.41, 5.74) is 5.55. The van der Waals surface area contributed by atoms with E-state index in [0.717, 1.165) is 22.4 Å². The third kappa shape index (κ3) is 3.55. The molecule has 0 bridgehead atoms. The van der Waals surface area contributed by atoms with Crippen molar-refractivity contribution < 1.29 is 18.0 Å². The Morgan fingerprint density at radius 3 is 2.35 bits per heavy atom. The first-order valence-corrected chi connectivity index (χ1v) is 12.9. The van der Waals surface area contributed by atoms with Crippen molar-refractivity contribution in [1.29, 1.82) is 0 Å². The number of ketones is 1. The number of sulfone groups is 1. The molecule has 5 rings (SSSR count). The van der Waals surface area contributed by atoms with Crippen LogP contribution in [0.2, 0.25) is 0 Å². The third-order valence-electron chi connectivity index (χ3n) is 6.04. The summed E-state index contributed by atoms with van der Waals surface area (Å²) in [6, 6.07) is 14.4. The molecule has 0 unspecified atom stereocenters. The average molecular weight is 489 g/mol. The molecule has 170 valence electrons. The van der Waals surface area contributed by atoms with Crippen LogP contribution in [-0.4, -0.2) is 25.1 Å². The molecule has 0 radical (unpaired) electrons. The van der Waals surface area contributed by atoms with Gasteiger partial charge in [-0.05, 0) is 73.9 Å². The molecular formula is C26H20N2O4S2. The van der Waals surface area contributed by atoms with Gasteiger partial charge in [0.2, 0.25) is 9.84 Å². The minimum Gasteiger partial charge on any atom is -0.298 e. The molecule has 1 amide bonds. The number of amides is 1. The SMILES string of the molecule is Cc1cc(C)c(-c2csc(NC(=O)c3ccc4c(c3)S(=O)(=O)c3ccccc3C4=O)n2)cc1C. The number of carbonyl (C=O) groups excluding carboxylic acids is 2. The van der Waals surface area contributed by atoms with Gasteiger partial charge in [0.05, 0.1) is 15.5 Å². The van der Waals surface area contributed by atoms with Gasteiger partial charge < -0.3 is 0 Å². The Morgan fingerprint density at radius 1 is 0.853 bits per heavy atom.